The van der Waals surface area contributed by atoms with Gasteiger partial charge in [0.15, 0.2) is 0 Å². The van der Waals surface area contributed by atoms with Crippen molar-refractivity contribution in [3.05, 3.63) is 35.9 Å². The third kappa shape index (κ3) is 0.943. The summed E-state index contributed by atoms with van der Waals surface area (Å²) in [6.07, 6.45) is 0.409. The first kappa shape index (κ1) is 4.97. The predicted molar refractivity (Wildman–Crippen MR) is 35.5 cm³/mol. The number of nitrogens with one attached hydrogen (secondary N) is 2. The summed E-state index contributed by atoms with van der Waals surface area (Å²) in [5.41, 5.74) is 7.30. The molecule has 0 atom stereocenters. The molecule has 2 rings (SSSR count). The van der Waals surface area contributed by atoms with Crippen molar-refractivity contribution in [1.29, 1.82) is 0 Å². The van der Waals surface area contributed by atoms with Gasteiger partial charge in [-0.15, -0.1) is 0 Å². The second-order valence-corrected chi connectivity index (χ2v) is 2.13. The van der Waals surface area contributed by atoms with E-state index in [1.54, 1.807) is 0 Å². The lowest BCUT2D eigenvalue weighted by molar-refractivity contribution is 1.06. The summed E-state index contributed by atoms with van der Waals surface area (Å²) >= 11 is 0. The molecule has 0 radical (unpaired) electrons. The van der Waals surface area contributed by atoms with E-state index in [2.05, 4.69) is 23.0 Å². The van der Waals surface area contributed by atoms with Crippen LogP contribution in [0.3, 0.4) is 0 Å². The Labute approximate surface area is 53.9 Å². The van der Waals surface area contributed by atoms with Crippen molar-refractivity contribution in [2.75, 3.05) is 0 Å². The van der Waals surface area contributed by atoms with Crippen LogP contribution in [0, 0.1) is 0 Å². The Morgan fingerprint density at radius 2 is 1.67 bits per heavy atom. The SMILES string of the molecule is c1ccc(C2NN2)cc1. The van der Waals surface area contributed by atoms with E-state index in [1.807, 2.05) is 18.2 Å². The molecule has 0 unspecified atom stereocenters. The van der Waals surface area contributed by atoms with Gasteiger partial charge in [-0.1, -0.05) is 30.3 Å². The molecule has 2 N–H and O–H groups in total. The van der Waals surface area contributed by atoms with Gasteiger partial charge < -0.3 is 0 Å². The molecule has 0 aromatic heterocycles. The highest BCUT2D eigenvalue weighted by Gasteiger charge is 2.19. The zero-order valence-electron chi connectivity index (χ0n) is 4.96. The van der Waals surface area contributed by atoms with Crippen LogP contribution in [0.1, 0.15) is 11.7 Å². The Morgan fingerprint density at radius 3 is 2.22 bits per heavy atom. The fourth-order valence-electron chi connectivity index (χ4n) is 0.854. The van der Waals surface area contributed by atoms with Crippen LogP contribution >= 0.6 is 0 Å². The van der Waals surface area contributed by atoms with Crippen LogP contribution in [-0.4, -0.2) is 0 Å². The Kier molecular flexibility index (Phi) is 1.01. The second kappa shape index (κ2) is 1.83. The van der Waals surface area contributed by atoms with Crippen molar-refractivity contribution in [1.82, 2.24) is 10.9 Å². The summed E-state index contributed by atoms with van der Waals surface area (Å²) in [7, 11) is 0. The van der Waals surface area contributed by atoms with Gasteiger partial charge in [0.25, 0.3) is 0 Å². The minimum atomic E-state index is 0.409. The molecule has 0 amide bonds. The molecular weight excluding hydrogens is 112 g/mol. The van der Waals surface area contributed by atoms with E-state index in [9.17, 15) is 0 Å². The molecule has 1 saturated heterocycles. The Balaban J connectivity index is 2.29. The maximum absolute atomic E-state index is 3.00. The Hall–Kier alpha value is -0.860. The summed E-state index contributed by atoms with van der Waals surface area (Å²) in [5, 5.41) is 0. The molecule has 2 nitrogen and oxygen atoms in total. The van der Waals surface area contributed by atoms with Crippen molar-refractivity contribution < 1.29 is 0 Å². The van der Waals surface area contributed by atoms with Crippen LogP contribution < -0.4 is 10.9 Å². The number of hydrogen-bond acceptors (Lipinski definition) is 2. The number of hydrogen-bond donors (Lipinski definition) is 2. The van der Waals surface area contributed by atoms with Gasteiger partial charge in [-0.25, -0.2) is 10.9 Å². The van der Waals surface area contributed by atoms with Crippen molar-refractivity contribution >= 4 is 0 Å². The lowest BCUT2D eigenvalue weighted by Crippen LogP contribution is -1.81. The molecule has 0 bridgehead atoms. The molecule has 46 valence electrons. The monoisotopic (exact) mass is 120 g/mol. The molecular formula is C7H8N2. The molecule has 1 fully saturated rings. The summed E-state index contributed by atoms with van der Waals surface area (Å²) in [6, 6.07) is 10.3. The normalized spacial score (nSPS) is 17.8. The summed E-state index contributed by atoms with van der Waals surface area (Å²) < 4.78 is 0. The average Bonchev–Trinajstić information content (AvgIpc) is 2.71. The molecule has 1 aliphatic rings. The average molecular weight is 120 g/mol. The topological polar surface area (TPSA) is 43.9 Å². The maximum Gasteiger partial charge on any atom is 0.109 e. The lowest BCUT2D eigenvalue weighted by atomic mass is 10.2. The van der Waals surface area contributed by atoms with E-state index < -0.39 is 0 Å². The lowest BCUT2D eigenvalue weighted by Gasteiger charge is -1.89. The highest BCUT2D eigenvalue weighted by atomic mass is 15.6. The molecule has 0 saturated carbocycles. The number of rotatable bonds is 1. The van der Waals surface area contributed by atoms with Gasteiger partial charge in [-0.05, 0) is 5.56 Å². The number of benzene rings is 1. The van der Waals surface area contributed by atoms with Crippen molar-refractivity contribution in [3.63, 3.8) is 0 Å². The van der Waals surface area contributed by atoms with E-state index in [0.717, 1.165) is 0 Å². The van der Waals surface area contributed by atoms with Crippen molar-refractivity contribution in [2.45, 2.75) is 6.17 Å². The third-order valence-corrected chi connectivity index (χ3v) is 1.42. The molecule has 0 spiro atoms. The third-order valence-electron chi connectivity index (χ3n) is 1.42. The van der Waals surface area contributed by atoms with E-state index in [4.69, 9.17) is 0 Å². The summed E-state index contributed by atoms with van der Waals surface area (Å²) in [5.74, 6) is 0. The Bertz CT molecular complexity index is 191. The van der Waals surface area contributed by atoms with Gasteiger partial charge in [-0.3, -0.25) is 0 Å². The predicted octanol–water partition coefficient (Wildman–Crippen LogP) is 0.793. The van der Waals surface area contributed by atoms with Gasteiger partial charge in [0.1, 0.15) is 6.17 Å². The van der Waals surface area contributed by atoms with Crippen molar-refractivity contribution in [2.24, 2.45) is 0 Å². The zero-order valence-corrected chi connectivity index (χ0v) is 4.96. The first-order valence-corrected chi connectivity index (χ1v) is 3.03. The van der Waals surface area contributed by atoms with Crippen LogP contribution in [0.4, 0.5) is 0 Å². The highest BCUT2D eigenvalue weighted by molar-refractivity contribution is 5.20. The van der Waals surface area contributed by atoms with Crippen LogP contribution in [0.25, 0.3) is 0 Å². The van der Waals surface area contributed by atoms with Crippen molar-refractivity contribution in [3.8, 4) is 0 Å². The van der Waals surface area contributed by atoms with E-state index >= 15 is 0 Å². The highest BCUT2D eigenvalue weighted by Crippen LogP contribution is 2.14. The number of hydrazine groups is 1. The zero-order chi connectivity index (χ0) is 6.10. The Morgan fingerprint density at radius 1 is 1.00 bits per heavy atom. The minimum absolute atomic E-state index is 0.409. The largest absolute Gasteiger partial charge is 0.234 e. The first-order valence-electron chi connectivity index (χ1n) is 3.03. The molecule has 1 aliphatic heterocycles. The smallest absolute Gasteiger partial charge is 0.109 e. The molecule has 1 aromatic carbocycles. The van der Waals surface area contributed by atoms with Crippen LogP contribution in [0.2, 0.25) is 0 Å². The van der Waals surface area contributed by atoms with Crippen LogP contribution in [0.5, 0.6) is 0 Å². The molecule has 2 heteroatoms. The fourth-order valence-corrected chi connectivity index (χ4v) is 0.854. The molecule has 9 heavy (non-hydrogen) atoms. The van der Waals surface area contributed by atoms with E-state index in [1.165, 1.54) is 5.56 Å². The van der Waals surface area contributed by atoms with Crippen LogP contribution in [0.15, 0.2) is 30.3 Å². The van der Waals surface area contributed by atoms with Gasteiger partial charge >= 0.3 is 0 Å². The van der Waals surface area contributed by atoms with Crippen LogP contribution in [-0.2, 0) is 0 Å². The van der Waals surface area contributed by atoms with Gasteiger partial charge in [0, 0.05) is 0 Å². The summed E-state index contributed by atoms with van der Waals surface area (Å²) in [6.45, 7) is 0. The maximum atomic E-state index is 3.00. The molecule has 1 aromatic rings. The quantitative estimate of drug-likeness (QED) is 0.538. The van der Waals surface area contributed by atoms with Gasteiger partial charge in [-0.2, -0.15) is 0 Å². The van der Waals surface area contributed by atoms with E-state index in [-0.39, 0.29) is 0 Å². The standard InChI is InChI=1S/C7H8N2/c1-2-4-6(5-3-1)7-8-9-7/h1-5,7-9H. The second-order valence-electron chi connectivity index (χ2n) is 2.13. The minimum Gasteiger partial charge on any atom is -0.234 e. The molecule has 0 aliphatic carbocycles. The first-order chi connectivity index (χ1) is 4.47. The molecule has 1 heterocycles. The fraction of sp³-hybridized carbons (Fsp3) is 0.143. The van der Waals surface area contributed by atoms with Gasteiger partial charge in [0.05, 0.1) is 0 Å². The summed E-state index contributed by atoms with van der Waals surface area (Å²) in [4.78, 5) is 0. The van der Waals surface area contributed by atoms with E-state index in [0.29, 0.717) is 6.17 Å². The van der Waals surface area contributed by atoms with Gasteiger partial charge in [0.2, 0.25) is 0 Å².